The lowest BCUT2D eigenvalue weighted by molar-refractivity contribution is 0.263. The number of nitriles is 1. The zero-order valence-corrected chi connectivity index (χ0v) is 8.22. The van der Waals surface area contributed by atoms with Crippen LogP contribution in [0.2, 0.25) is 0 Å². The second kappa shape index (κ2) is 3.31. The van der Waals surface area contributed by atoms with Crippen molar-refractivity contribution in [3.05, 3.63) is 11.6 Å². The molecule has 1 aliphatic carbocycles. The van der Waals surface area contributed by atoms with Gasteiger partial charge in [-0.05, 0) is 31.1 Å². The summed E-state index contributed by atoms with van der Waals surface area (Å²) in [5.74, 6) is 0.636. The Labute approximate surface area is 75.1 Å². The van der Waals surface area contributed by atoms with E-state index in [-0.39, 0.29) is 0 Å². The number of hydrogen-bond acceptors (Lipinski definition) is 1. The lowest BCUT2D eigenvalue weighted by Gasteiger charge is -2.28. The van der Waals surface area contributed by atoms with Gasteiger partial charge in [-0.25, -0.2) is 0 Å². The van der Waals surface area contributed by atoms with Gasteiger partial charge in [0, 0.05) is 6.42 Å². The smallest absolute Gasteiger partial charge is 0.0621 e. The van der Waals surface area contributed by atoms with Crippen molar-refractivity contribution in [2.24, 2.45) is 11.3 Å². The van der Waals surface area contributed by atoms with E-state index >= 15 is 0 Å². The molecule has 0 aromatic rings. The summed E-state index contributed by atoms with van der Waals surface area (Å²) in [6.07, 6.45) is 5.22. The van der Waals surface area contributed by atoms with Crippen LogP contribution in [0.5, 0.6) is 0 Å². The van der Waals surface area contributed by atoms with Crippen molar-refractivity contribution in [2.45, 2.75) is 40.0 Å². The predicted molar refractivity (Wildman–Crippen MR) is 50.5 cm³/mol. The van der Waals surface area contributed by atoms with Crippen LogP contribution in [0.3, 0.4) is 0 Å². The van der Waals surface area contributed by atoms with E-state index < -0.39 is 0 Å². The van der Waals surface area contributed by atoms with E-state index in [0.717, 1.165) is 6.42 Å². The van der Waals surface area contributed by atoms with Crippen LogP contribution in [0.1, 0.15) is 40.0 Å². The molecule has 0 bridgehead atoms. The summed E-state index contributed by atoms with van der Waals surface area (Å²) in [6, 6.07) is 2.23. The van der Waals surface area contributed by atoms with Crippen molar-refractivity contribution in [2.75, 3.05) is 0 Å². The van der Waals surface area contributed by atoms with Gasteiger partial charge >= 0.3 is 0 Å². The number of allylic oxidation sites excluding steroid dienone is 2. The van der Waals surface area contributed by atoms with Gasteiger partial charge in [-0.3, -0.25) is 0 Å². The fourth-order valence-corrected chi connectivity index (χ4v) is 2.15. The Kier molecular flexibility index (Phi) is 2.57. The minimum absolute atomic E-state index is 0.390. The zero-order valence-electron chi connectivity index (χ0n) is 8.22. The third-order valence-electron chi connectivity index (χ3n) is 2.99. The van der Waals surface area contributed by atoms with Crippen LogP contribution in [0.25, 0.3) is 0 Å². The van der Waals surface area contributed by atoms with Gasteiger partial charge in [-0.2, -0.15) is 5.26 Å². The molecular formula is C11H17N. The zero-order chi connectivity index (χ0) is 9.19. The molecule has 1 aliphatic rings. The molecule has 0 unspecified atom stereocenters. The van der Waals surface area contributed by atoms with Gasteiger partial charge < -0.3 is 0 Å². The van der Waals surface area contributed by atoms with Crippen molar-refractivity contribution in [3.8, 4) is 6.07 Å². The summed E-state index contributed by atoms with van der Waals surface area (Å²) in [5.41, 5.74) is 1.87. The molecule has 0 spiro atoms. The Hall–Kier alpha value is -0.770. The minimum Gasteiger partial charge on any atom is -0.198 e. The first kappa shape index (κ1) is 9.32. The summed E-state index contributed by atoms with van der Waals surface area (Å²) >= 11 is 0. The van der Waals surface area contributed by atoms with Crippen LogP contribution in [0, 0.1) is 22.7 Å². The molecular weight excluding hydrogens is 146 g/mol. The summed E-state index contributed by atoms with van der Waals surface area (Å²) < 4.78 is 0. The molecule has 0 heterocycles. The van der Waals surface area contributed by atoms with Crippen LogP contribution in [-0.2, 0) is 0 Å². The summed E-state index contributed by atoms with van der Waals surface area (Å²) in [4.78, 5) is 0. The van der Waals surface area contributed by atoms with Gasteiger partial charge in [-0.1, -0.05) is 25.5 Å². The standard InChI is InChI=1S/C11H17N/c1-9-6-7-11(2,3)10(9)5-4-8-12/h6,10H,4-5,7H2,1-3H3/t10-/m0/s1. The molecule has 0 saturated carbocycles. The normalized spacial score (nSPS) is 26.5. The highest BCUT2D eigenvalue weighted by Crippen LogP contribution is 2.44. The van der Waals surface area contributed by atoms with Crippen molar-refractivity contribution in [1.29, 1.82) is 5.26 Å². The maximum atomic E-state index is 8.51. The van der Waals surface area contributed by atoms with E-state index in [9.17, 15) is 0 Å². The summed E-state index contributed by atoms with van der Waals surface area (Å²) in [7, 11) is 0. The van der Waals surface area contributed by atoms with E-state index in [1.54, 1.807) is 0 Å². The minimum atomic E-state index is 0.390. The van der Waals surface area contributed by atoms with Crippen LogP contribution in [0.4, 0.5) is 0 Å². The molecule has 0 amide bonds. The second-order valence-electron chi connectivity index (χ2n) is 4.39. The van der Waals surface area contributed by atoms with Gasteiger partial charge in [0.1, 0.15) is 0 Å². The van der Waals surface area contributed by atoms with Crippen molar-refractivity contribution in [1.82, 2.24) is 0 Å². The first-order chi connectivity index (χ1) is 5.58. The predicted octanol–water partition coefficient (Wildman–Crippen LogP) is 3.28. The topological polar surface area (TPSA) is 23.8 Å². The van der Waals surface area contributed by atoms with E-state index in [0.29, 0.717) is 17.8 Å². The van der Waals surface area contributed by atoms with Crippen LogP contribution >= 0.6 is 0 Å². The van der Waals surface area contributed by atoms with Crippen LogP contribution in [-0.4, -0.2) is 0 Å². The average Bonchev–Trinajstić information content (AvgIpc) is 2.24. The third kappa shape index (κ3) is 1.69. The molecule has 1 rings (SSSR count). The summed E-state index contributed by atoms with van der Waals surface area (Å²) in [6.45, 7) is 6.78. The highest BCUT2D eigenvalue weighted by Gasteiger charge is 2.33. The fourth-order valence-electron chi connectivity index (χ4n) is 2.15. The molecule has 0 aromatic carbocycles. The average molecular weight is 163 g/mol. The highest BCUT2D eigenvalue weighted by molar-refractivity contribution is 5.16. The number of nitrogens with zero attached hydrogens (tertiary/aromatic N) is 1. The lowest BCUT2D eigenvalue weighted by Crippen LogP contribution is -2.19. The Bertz CT molecular complexity index is 230. The molecule has 0 N–H and O–H groups in total. The quantitative estimate of drug-likeness (QED) is 0.573. The van der Waals surface area contributed by atoms with E-state index in [1.165, 1.54) is 12.0 Å². The summed E-state index contributed by atoms with van der Waals surface area (Å²) in [5, 5.41) is 8.51. The SMILES string of the molecule is CC1=CCC(C)(C)[C@H]1CCC#N. The third-order valence-corrected chi connectivity index (χ3v) is 2.99. The maximum absolute atomic E-state index is 8.51. The molecule has 12 heavy (non-hydrogen) atoms. The van der Waals surface area contributed by atoms with Crippen LogP contribution in [0.15, 0.2) is 11.6 Å². The van der Waals surface area contributed by atoms with E-state index in [2.05, 4.69) is 32.9 Å². The first-order valence-electron chi connectivity index (χ1n) is 4.61. The van der Waals surface area contributed by atoms with Crippen molar-refractivity contribution >= 4 is 0 Å². The van der Waals surface area contributed by atoms with E-state index in [4.69, 9.17) is 5.26 Å². The lowest BCUT2D eigenvalue weighted by atomic mass is 9.76. The molecule has 0 saturated heterocycles. The Morgan fingerprint density at radius 2 is 2.33 bits per heavy atom. The molecule has 1 atom stereocenters. The fraction of sp³-hybridized carbons (Fsp3) is 0.727. The number of rotatable bonds is 2. The van der Waals surface area contributed by atoms with Gasteiger partial charge in [0.15, 0.2) is 0 Å². The molecule has 0 radical (unpaired) electrons. The molecule has 0 aromatic heterocycles. The molecule has 1 heteroatoms. The molecule has 66 valence electrons. The number of hydrogen-bond donors (Lipinski definition) is 0. The highest BCUT2D eigenvalue weighted by atomic mass is 14.4. The monoisotopic (exact) mass is 163 g/mol. The van der Waals surface area contributed by atoms with E-state index in [1.807, 2.05) is 0 Å². The van der Waals surface area contributed by atoms with Crippen LogP contribution < -0.4 is 0 Å². The van der Waals surface area contributed by atoms with Gasteiger partial charge in [0.05, 0.1) is 6.07 Å². The Morgan fingerprint density at radius 3 is 2.75 bits per heavy atom. The Morgan fingerprint density at radius 1 is 1.67 bits per heavy atom. The van der Waals surface area contributed by atoms with Gasteiger partial charge in [-0.15, -0.1) is 0 Å². The largest absolute Gasteiger partial charge is 0.198 e. The molecule has 1 nitrogen and oxygen atoms in total. The van der Waals surface area contributed by atoms with Crippen molar-refractivity contribution < 1.29 is 0 Å². The van der Waals surface area contributed by atoms with Gasteiger partial charge in [0.2, 0.25) is 0 Å². The van der Waals surface area contributed by atoms with Gasteiger partial charge in [0.25, 0.3) is 0 Å². The van der Waals surface area contributed by atoms with Crippen molar-refractivity contribution in [3.63, 3.8) is 0 Å². The Balaban J connectivity index is 2.61. The molecule has 0 aliphatic heterocycles. The first-order valence-corrected chi connectivity index (χ1v) is 4.61. The second-order valence-corrected chi connectivity index (χ2v) is 4.39. The maximum Gasteiger partial charge on any atom is 0.0621 e. The molecule has 0 fully saturated rings.